The lowest BCUT2D eigenvalue weighted by atomic mass is 9.84. The highest BCUT2D eigenvalue weighted by atomic mass is 16.3. The summed E-state index contributed by atoms with van der Waals surface area (Å²) in [6.07, 6.45) is 5.44. The van der Waals surface area contributed by atoms with Gasteiger partial charge in [0.2, 0.25) is 0 Å². The largest absolute Gasteiger partial charge is 0.390 e. The fraction of sp³-hybridized carbons (Fsp3) is 0.727. The van der Waals surface area contributed by atoms with Gasteiger partial charge in [0.25, 0.3) is 0 Å². The van der Waals surface area contributed by atoms with Crippen LogP contribution in [0.25, 0.3) is 0 Å². The monoisotopic (exact) mass is 196 g/mol. The smallest absolute Gasteiger partial charge is 0.0686 e. The molecule has 0 aliphatic rings. The van der Waals surface area contributed by atoms with E-state index in [1.807, 2.05) is 26.4 Å². The van der Waals surface area contributed by atoms with Gasteiger partial charge >= 0.3 is 0 Å². The molecule has 14 heavy (non-hydrogen) atoms. The molecule has 3 nitrogen and oxygen atoms in total. The lowest BCUT2D eigenvalue weighted by Gasteiger charge is -2.29. The molecule has 0 amide bonds. The van der Waals surface area contributed by atoms with Crippen LogP contribution in [0.15, 0.2) is 12.4 Å². The fourth-order valence-electron chi connectivity index (χ4n) is 1.59. The SMILES string of the molecule is CCC(C)C(C)(O)Cc1cnn(C)c1. The van der Waals surface area contributed by atoms with E-state index in [9.17, 15) is 5.11 Å². The van der Waals surface area contributed by atoms with Crippen molar-refractivity contribution in [2.24, 2.45) is 13.0 Å². The van der Waals surface area contributed by atoms with E-state index in [1.54, 1.807) is 4.68 Å². The Bertz CT molecular complexity index is 291. The maximum absolute atomic E-state index is 10.2. The van der Waals surface area contributed by atoms with Gasteiger partial charge in [-0.25, -0.2) is 0 Å². The molecule has 1 N–H and O–H groups in total. The summed E-state index contributed by atoms with van der Waals surface area (Å²) in [7, 11) is 1.89. The first-order valence-electron chi connectivity index (χ1n) is 5.15. The van der Waals surface area contributed by atoms with Crippen LogP contribution >= 0.6 is 0 Å². The third kappa shape index (κ3) is 2.58. The van der Waals surface area contributed by atoms with Crippen molar-refractivity contribution in [2.45, 2.75) is 39.2 Å². The van der Waals surface area contributed by atoms with Crippen LogP contribution in [0.1, 0.15) is 32.8 Å². The van der Waals surface area contributed by atoms with Crippen LogP contribution in [0.3, 0.4) is 0 Å². The molecule has 1 rings (SSSR count). The van der Waals surface area contributed by atoms with Gasteiger partial charge in [0, 0.05) is 19.7 Å². The molecule has 2 atom stereocenters. The molecule has 0 aliphatic heterocycles. The number of rotatable bonds is 4. The molecule has 1 heterocycles. The molecular weight excluding hydrogens is 176 g/mol. The minimum absolute atomic E-state index is 0.308. The molecule has 1 aromatic heterocycles. The van der Waals surface area contributed by atoms with E-state index < -0.39 is 5.60 Å². The summed E-state index contributed by atoms with van der Waals surface area (Å²) >= 11 is 0. The zero-order valence-corrected chi connectivity index (χ0v) is 9.49. The van der Waals surface area contributed by atoms with Crippen LogP contribution in [0, 0.1) is 5.92 Å². The zero-order chi connectivity index (χ0) is 10.8. The van der Waals surface area contributed by atoms with Crippen molar-refractivity contribution in [3.8, 4) is 0 Å². The Morgan fingerprint density at radius 1 is 1.64 bits per heavy atom. The van der Waals surface area contributed by atoms with Gasteiger partial charge < -0.3 is 5.11 Å². The third-order valence-corrected chi connectivity index (χ3v) is 2.99. The van der Waals surface area contributed by atoms with Crippen molar-refractivity contribution in [2.75, 3.05) is 0 Å². The Hall–Kier alpha value is -0.830. The number of aryl methyl sites for hydroxylation is 1. The van der Waals surface area contributed by atoms with E-state index in [2.05, 4.69) is 18.9 Å². The third-order valence-electron chi connectivity index (χ3n) is 2.99. The molecule has 0 radical (unpaired) electrons. The minimum atomic E-state index is -0.627. The van der Waals surface area contributed by atoms with Gasteiger partial charge in [0.05, 0.1) is 11.8 Å². The van der Waals surface area contributed by atoms with Crippen molar-refractivity contribution in [1.29, 1.82) is 0 Å². The average Bonchev–Trinajstić information content (AvgIpc) is 2.48. The van der Waals surface area contributed by atoms with Crippen LogP contribution in [0.4, 0.5) is 0 Å². The topological polar surface area (TPSA) is 38.1 Å². The number of hydrogen-bond donors (Lipinski definition) is 1. The Balaban J connectivity index is 2.67. The molecule has 0 fully saturated rings. The van der Waals surface area contributed by atoms with Crippen LogP contribution in [-0.2, 0) is 13.5 Å². The molecule has 0 spiro atoms. The Kier molecular flexibility index (Phi) is 3.32. The molecule has 0 bridgehead atoms. The predicted octanol–water partition coefficient (Wildman–Crippen LogP) is 1.76. The normalized spacial score (nSPS) is 17.8. The van der Waals surface area contributed by atoms with Crippen molar-refractivity contribution < 1.29 is 5.11 Å². The van der Waals surface area contributed by atoms with Gasteiger partial charge in [0.15, 0.2) is 0 Å². The first-order chi connectivity index (χ1) is 6.45. The number of aromatic nitrogens is 2. The predicted molar refractivity (Wildman–Crippen MR) is 57.0 cm³/mol. The summed E-state index contributed by atoms with van der Waals surface area (Å²) < 4.78 is 1.77. The summed E-state index contributed by atoms with van der Waals surface area (Å²) in [5, 5.41) is 14.3. The second-order valence-electron chi connectivity index (χ2n) is 4.37. The van der Waals surface area contributed by atoms with Gasteiger partial charge in [-0.1, -0.05) is 20.3 Å². The van der Waals surface area contributed by atoms with E-state index >= 15 is 0 Å². The van der Waals surface area contributed by atoms with Crippen molar-refractivity contribution >= 4 is 0 Å². The minimum Gasteiger partial charge on any atom is -0.390 e. The molecule has 0 aromatic carbocycles. The van der Waals surface area contributed by atoms with Crippen molar-refractivity contribution in [1.82, 2.24) is 9.78 Å². The van der Waals surface area contributed by atoms with E-state index in [4.69, 9.17) is 0 Å². The van der Waals surface area contributed by atoms with Crippen molar-refractivity contribution in [3.63, 3.8) is 0 Å². The summed E-state index contributed by atoms with van der Waals surface area (Å²) in [6.45, 7) is 6.08. The lowest BCUT2D eigenvalue weighted by Crippen LogP contribution is -2.34. The molecule has 3 heteroatoms. The first-order valence-corrected chi connectivity index (χ1v) is 5.15. The van der Waals surface area contributed by atoms with Crippen LogP contribution < -0.4 is 0 Å². The van der Waals surface area contributed by atoms with E-state index in [0.29, 0.717) is 12.3 Å². The van der Waals surface area contributed by atoms with E-state index in [1.165, 1.54) is 0 Å². The molecule has 0 saturated heterocycles. The highest BCUT2D eigenvalue weighted by Crippen LogP contribution is 2.24. The Morgan fingerprint density at radius 2 is 2.29 bits per heavy atom. The molecule has 80 valence electrons. The summed E-state index contributed by atoms with van der Waals surface area (Å²) in [4.78, 5) is 0. The molecule has 0 saturated carbocycles. The molecule has 0 aliphatic carbocycles. The quantitative estimate of drug-likeness (QED) is 0.797. The Morgan fingerprint density at radius 3 is 2.71 bits per heavy atom. The second-order valence-corrected chi connectivity index (χ2v) is 4.37. The van der Waals surface area contributed by atoms with E-state index in [-0.39, 0.29) is 0 Å². The number of aliphatic hydroxyl groups is 1. The van der Waals surface area contributed by atoms with Gasteiger partial charge in [-0.05, 0) is 18.4 Å². The fourth-order valence-corrected chi connectivity index (χ4v) is 1.59. The molecular formula is C11H20N2O. The number of hydrogen-bond acceptors (Lipinski definition) is 2. The summed E-state index contributed by atoms with van der Waals surface area (Å²) in [5.74, 6) is 0.308. The van der Waals surface area contributed by atoms with Crippen LogP contribution in [-0.4, -0.2) is 20.5 Å². The second kappa shape index (κ2) is 4.13. The van der Waals surface area contributed by atoms with Crippen LogP contribution in [0.2, 0.25) is 0 Å². The number of nitrogens with zero attached hydrogens (tertiary/aromatic N) is 2. The summed E-state index contributed by atoms with van der Waals surface area (Å²) in [6, 6.07) is 0. The highest BCUT2D eigenvalue weighted by molar-refractivity contribution is 5.08. The van der Waals surface area contributed by atoms with Gasteiger partial charge in [-0.15, -0.1) is 0 Å². The summed E-state index contributed by atoms with van der Waals surface area (Å²) in [5.41, 5.74) is 0.468. The Labute approximate surface area is 85.8 Å². The first kappa shape index (κ1) is 11.2. The van der Waals surface area contributed by atoms with Gasteiger partial charge in [0.1, 0.15) is 0 Å². The van der Waals surface area contributed by atoms with Gasteiger partial charge in [-0.2, -0.15) is 5.10 Å². The maximum Gasteiger partial charge on any atom is 0.0686 e. The average molecular weight is 196 g/mol. The molecule has 2 unspecified atom stereocenters. The van der Waals surface area contributed by atoms with Crippen molar-refractivity contribution in [3.05, 3.63) is 18.0 Å². The maximum atomic E-state index is 10.2. The lowest BCUT2D eigenvalue weighted by molar-refractivity contribution is 0.00516. The molecule has 1 aromatic rings. The highest BCUT2D eigenvalue weighted by Gasteiger charge is 2.27. The standard InChI is InChI=1S/C11H20N2O/c1-5-9(2)11(3,14)6-10-7-12-13(4)8-10/h7-9,14H,5-6H2,1-4H3. The van der Waals surface area contributed by atoms with Crippen LogP contribution in [0.5, 0.6) is 0 Å². The zero-order valence-electron chi connectivity index (χ0n) is 9.49. The van der Waals surface area contributed by atoms with Gasteiger partial charge in [-0.3, -0.25) is 4.68 Å². The van der Waals surface area contributed by atoms with E-state index in [0.717, 1.165) is 12.0 Å².